The number of ether oxygens (including phenoxy) is 1. The molecule has 0 spiro atoms. The van der Waals surface area contributed by atoms with Gasteiger partial charge in [-0.3, -0.25) is 4.57 Å². The molecule has 1 saturated heterocycles. The van der Waals surface area contributed by atoms with Crippen LogP contribution in [0.5, 0.6) is 5.88 Å². The Bertz CT molecular complexity index is 757. The first-order valence-electron chi connectivity index (χ1n) is 6.18. The first kappa shape index (κ1) is 14.4. The second-order valence-corrected chi connectivity index (χ2v) is 4.59. The fourth-order valence-electron chi connectivity index (χ4n) is 2.27. The lowest BCUT2D eigenvalue weighted by atomic mass is 10.1. The average molecular weight is 309 g/mol. The second kappa shape index (κ2) is 5.36. The van der Waals surface area contributed by atoms with E-state index in [0.29, 0.717) is 0 Å². The molecule has 116 valence electrons. The molecule has 0 aliphatic carbocycles. The van der Waals surface area contributed by atoms with Crippen LogP contribution in [0.3, 0.4) is 0 Å². The first-order chi connectivity index (χ1) is 10.6. The van der Waals surface area contributed by atoms with Gasteiger partial charge in [0.2, 0.25) is 11.8 Å². The summed E-state index contributed by atoms with van der Waals surface area (Å²) in [6, 6.07) is 0. The van der Waals surface area contributed by atoms with Gasteiger partial charge in [-0.2, -0.15) is 4.98 Å². The molecule has 12 heteroatoms. The van der Waals surface area contributed by atoms with Crippen molar-refractivity contribution in [3.8, 4) is 5.88 Å². The number of fused-ring (bicyclic) bond motifs is 1. The molecular formula is C10H11N7O5. The third-order valence-corrected chi connectivity index (χ3v) is 3.32. The number of nitrogens with zero attached hydrogens (tertiary/aromatic N) is 7. The fourth-order valence-corrected chi connectivity index (χ4v) is 2.27. The summed E-state index contributed by atoms with van der Waals surface area (Å²) >= 11 is 0. The molecule has 4 N–H and O–H groups in total. The molecular weight excluding hydrogens is 298 g/mol. The van der Waals surface area contributed by atoms with E-state index in [0.717, 1.165) is 0 Å². The number of hydrogen-bond acceptors (Lipinski definition) is 9. The van der Waals surface area contributed by atoms with Crippen LogP contribution in [-0.4, -0.2) is 64.9 Å². The van der Waals surface area contributed by atoms with E-state index in [1.165, 1.54) is 10.9 Å². The summed E-state index contributed by atoms with van der Waals surface area (Å²) in [6.07, 6.45) is -3.46. The molecule has 0 saturated carbocycles. The Morgan fingerprint density at radius 1 is 1.36 bits per heavy atom. The summed E-state index contributed by atoms with van der Waals surface area (Å²) in [6.45, 7) is -0.481. The predicted molar refractivity (Wildman–Crippen MR) is 68.8 cm³/mol. The van der Waals surface area contributed by atoms with E-state index >= 15 is 0 Å². The lowest BCUT2D eigenvalue weighted by molar-refractivity contribution is -0.0511. The Labute approximate surface area is 121 Å². The van der Waals surface area contributed by atoms with Gasteiger partial charge in [0.25, 0.3) is 0 Å². The van der Waals surface area contributed by atoms with E-state index in [9.17, 15) is 15.3 Å². The van der Waals surface area contributed by atoms with E-state index in [-0.39, 0.29) is 17.1 Å². The zero-order valence-corrected chi connectivity index (χ0v) is 10.9. The molecule has 2 unspecified atom stereocenters. The number of aromatic hydroxyl groups is 1. The van der Waals surface area contributed by atoms with Crippen LogP contribution < -0.4 is 0 Å². The normalized spacial score (nSPS) is 28.0. The molecule has 2 aromatic heterocycles. The Hall–Kier alpha value is -2.50. The topological polar surface area (TPSA) is 183 Å². The van der Waals surface area contributed by atoms with Gasteiger partial charge in [-0.1, -0.05) is 0 Å². The highest BCUT2D eigenvalue weighted by molar-refractivity contribution is 5.77. The third kappa shape index (κ3) is 2.11. The minimum absolute atomic E-state index is 0.00891. The predicted octanol–water partition coefficient (Wildman–Crippen LogP) is -0.915. The van der Waals surface area contributed by atoms with Gasteiger partial charge in [0.05, 0.1) is 12.9 Å². The van der Waals surface area contributed by atoms with Gasteiger partial charge >= 0.3 is 0 Å². The van der Waals surface area contributed by atoms with Crippen LogP contribution in [0.25, 0.3) is 21.6 Å². The van der Waals surface area contributed by atoms with Crippen molar-refractivity contribution in [2.75, 3.05) is 6.61 Å². The van der Waals surface area contributed by atoms with Crippen molar-refractivity contribution in [3.05, 3.63) is 16.8 Å². The average Bonchev–Trinajstić information content (AvgIpc) is 3.03. The molecule has 0 radical (unpaired) electrons. The quantitative estimate of drug-likeness (QED) is 0.319. The molecule has 4 atom stereocenters. The Morgan fingerprint density at radius 2 is 2.14 bits per heavy atom. The van der Waals surface area contributed by atoms with Gasteiger partial charge in [-0.15, -0.1) is 0 Å². The maximum absolute atomic E-state index is 10.0. The Kier molecular flexibility index (Phi) is 3.52. The second-order valence-electron chi connectivity index (χ2n) is 4.59. The van der Waals surface area contributed by atoms with Crippen LogP contribution >= 0.6 is 0 Å². The number of rotatable bonds is 3. The summed E-state index contributed by atoms with van der Waals surface area (Å²) in [5.41, 5.74) is 8.46. The zero-order chi connectivity index (χ0) is 15.9. The zero-order valence-electron chi connectivity index (χ0n) is 10.9. The van der Waals surface area contributed by atoms with Crippen LogP contribution in [-0.2, 0) is 4.74 Å². The summed E-state index contributed by atoms with van der Waals surface area (Å²) in [5, 5.41) is 41.8. The van der Waals surface area contributed by atoms with Crippen LogP contribution in [0.1, 0.15) is 6.23 Å². The van der Waals surface area contributed by atoms with E-state index in [1.807, 2.05) is 0 Å². The molecule has 1 aliphatic rings. The largest absolute Gasteiger partial charge is 0.492 e. The lowest BCUT2D eigenvalue weighted by Gasteiger charge is -2.16. The van der Waals surface area contributed by atoms with Crippen molar-refractivity contribution >= 4 is 17.1 Å². The minimum atomic E-state index is -1.34. The molecule has 12 nitrogen and oxygen atoms in total. The van der Waals surface area contributed by atoms with E-state index < -0.39 is 37.0 Å². The van der Waals surface area contributed by atoms with E-state index in [1.54, 1.807) is 0 Å². The Balaban J connectivity index is 2.10. The third-order valence-electron chi connectivity index (χ3n) is 3.32. The Morgan fingerprint density at radius 3 is 2.77 bits per heavy atom. The van der Waals surface area contributed by atoms with Crippen LogP contribution in [0, 0.1) is 0 Å². The van der Waals surface area contributed by atoms with Crippen LogP contribution in [0.4, 0.5) is 5.95 Å². The highest BCUT2D eigenvalue weighted by Gasteiger charge is 2.44. The number of hydrogen-bond donors (Lipinski definition) is 4. The molecule has 0 amide bonds. The van der Waals surface area contributed by atoms with Gasteiger partial charge in [0, 0.05) is 4.91 Å². The van der Waals surface area contributed by atoms with Crippen molar-refractivity contribution in [3.63, 3.8) is 0 Å². The van der Waals surface area contributed by atoms with Crippen LogP contribution in [0.15, 0.2) is 11.4 Å². The van der Waals surface area contributed by atoms with Crippen molar-refractivity contribution < 1.29 is 25.2 Å². The van der Waals surface area contributed by atoms with E-state index in [4.69, 9.17) is 15.4 Å². The summed E-state index contributed by atoms with van der Waals surface area (Å²) in [5.74, 6) is -0.834. The molecule has 1 aliphatic heterocycles. The maximum atomic E-state index is 10.0. The van der Waals surface area contributed by atoms with Gasteiger partial charge in [-0.05, 0) is 10.6 Å². The molecule has 0 aromatic carbocycles. The molecule has 3 heterocycles. The number of aliphatic hydroxyl groups excluding tert-OH is 3. The highest BCUT2D eigenvalue weighted by atomic mass is 16.6. The van der Waals surface area contributed by atoms with Gasteiger partial charge in [0.1, 0.15) is 18.3 Å². The summed E-state index contributed by atoms with van der Waals surface area (Å²) in [4.78, 5) is 13.9. The van der Waals surface area contributed by atoms with Crippen molar-refractivity contribution in [1.82, 2.24) is 19.5 Å². The molecule has 22 heavy (non-hydrogen) atoms. The highest BCUT2D eigenvalue weighted by Crippen LogP contribution is 2.33. The van der Waals surface area contributed by atoms with Gasteiger partial charge in [0.15, 0.2) is 17.4 Å². The molecule has 3 rings (SSSR count). The summed E-state index contributed by atoms with van der Waals surface area (Å²) in [7, 11) is 0. The van der Waals surface area contributed by atoms with Crippen LogP contribution in [0.2, 0.25) is 0 Å². The smallest absolute Gasteiger partial charge is 0.243 e. The van der Waals surface area contributed by atoms with Crippen molar-refractivity contribution in [2.45, 2.75) is 24.5 Å². The fraction of sp³-hybridized carbons (Fsp3) is 0.500. The van der Waals surface area contributed by atoms with Crippen molar-refractivity contribution in [1.29, 1.82) is 0 Å². The van der Waals surface area contributed by atoms with Gasteiger partial charge < -0.3 is 25.2 Å². The molecule has 1 fully saturated rings. The minimum Gasteiger partial charge on any atom is -0.492 e. The molecule has 0 bridgehead atoms. The maximum Gasteiger partial charge on any atom is 0.243 e. The number of azide groups is 1. The van der Waals surface area contributed by atoms with Gasteiger partial charge in [-0.25, -0.2) is 9.97 Å². The summed E-state index contributed by atoms with van der Waals surface area (Å²) < 4.78 is 6.60. The lowest BCUT2D eigenvalue weighted by Crippen LogP contribution is -2.33. The monoisotopic (exact) mass is 309 g/mol. The standard InChI is InChI=1S/C10H11N7O5/c11-16-15-10-13-7-4(8(21)14-10)12-2-17(7)9-6(20)5(19)3(1-18)22-9/h2-3,5-6,9,18-20H,1H2,(H,13,14,21)/t3-,5?,6?,9-/m1/s1. The van der Waals surface area contributed by atoms with Crippen molar-refractivity contribution in [2.24, 2.45) is 5.11 Å². The van der Waals surface area contributed by atoms with E-state index in [2.05, 4.69) is 25.0 Å². The first-order valence-corrected chi connectivity index (χ1v) is 6.18. The molecule has 2 aromatic rings. The number of aromatic nitrogens is 4. The number of imidazole rings is 1. The number of aliphatic hydroxyl groups is 3. The SMILES string of the molecule is [N-]=[N+]=Nc1nc(O)c2ncn([C@@H]3O[C@H](CO)C(O)C3O)c2n1.